The van der Waals surface area contributed by atoms with Gasteiger partial charge in [-0.25, -0.2) is 0 Å². The number of benzene rings is 1. The molecule has 20 heavy (non-hydrogen) atoms. The van der Waals surface area contributed by atoms with Gasteiger partial charge in [-0.15, -0.1) is 0 Å². The second-order valence-corrected chi connectivity index (χ2v) is 4.96. The quantitative estimate of drug-likeness (QED) is 0.909. The number of rotatable bonds is 4. The van der Waals surface area contributed by atoms with Gasteiger partial charge >= 0.3 is 5.97 Å². The predicted molar refractivity (Wildman–Crippen MR) is 73.4 cm³/mol. The van der Waals surface area contributed by atoms with Gasteiger partial charge < -0.3 is 9.84 Å². The van der Waals surface area contributed by atoms with Crippen molar-refractivity contribution in [1.82, 2.24) is 4.90 Å². The number of carbonyl (C=O) groups is 1. The maximum absolute atomic E-state index is 11.3. The third-order valence-corrected chi connectivity index (χ3v) is 3.68. The SMILES string of the molecule is COc1ccc(C#N)cc1CN1CCCCC1C(=O)O. The lowest BCUT2D eigenvalue weighted by Gasteiger charge is -2.33. The molecule has 1 aliphatic rings. The molecule has 1 fully saturated rings. The van der Waals surface area contributed by atoms with Crippen LogP contribution in [0.15, 0.2) is 18.2 Å². The van der Waals surface area contributed by atoms with Crippen LogP contribution in [0.1, 0.15) is 30.4 Å². The normalized spacial score (nSPS) is 19.3. The second-order valence-electron chi connectivity index (χ2n) is 4.96. The summed E-state index contributed by atoms with van der Waals surface area (Å²) < 4.78 is 5.30. The van der Waals surface area contributed by atoms with E-state index in [1.54, 1.807) is 25.3 Å². The molecule has 0 aliphatic carbocycles. The number of methoxy groups -OCH3 is 1. The van der Waals surface area contributed by atoms with E-state index in [9.17, 15) is 9.90 Å². The van der Waals surface area contributed by atoms with Gasteiger partial charge in [-0.1, -0.05) is 6.42 Å². The Morgan fingerprint density at radius 2 is 2.35 bits per heavy atom. The first kappa shape index (κ1) is 14.4. The summed E-state index contributed by atoms with van der Waals surface area (Å²) in [5, 5.41) is 18.3. The second kappa shape index (κ2) is 6.40. The third-order valence-electron chi connectivity index (χ3n) is 3.68. The fraction of sp³-hybridized carbons (Fsp3) is 0.467. The zero-order valence-electron chi connectivity index (χ0n) is 11.5. The van der Waals surface area contributed by atoms with E-state index in [0.29, 0.717) is 24.3 Å². The molecule has 0 spiro atoms. The molecule has 0 radical (unpaired) electrons. The fourth-order valence-corrected chi connectivity index (χ4v) is 2.65. The Balaban J connectivity index is 2.23. The number of carboxylic acid groups (broad SMARTS) is 1. The van der Waals surface area contributed by atoms with E-state index in [0.717, 1.165) is 24.9 Å². The molecule has 106 valence electrons. The summed E-state index contributed by atoms with van der Waals surface area (Å²) in [5.74, 6) is -0.0844. The van der Waals surface area contributed by atoms with E-state index in [1.807, 2.05) is 4.90 Å². The molecule has 5 heteroatoms. The largest absolute Gasteiger partial charge is 0.496 e. The molecule has 1 atom stereocenters. The molecular formula is C15H18N2O3. The molecule has 1 N–H and O–H groups in total. The van der Waals surface area contributed by atoms with E-state index in [4.69, 9.17) is 10.00 Å². The molecule has 0 amide bonds. The van der Waals surface area contributed by atoms with Gasteiger partial charge in [0, 0.05) is 12.1 Å². The van der Waals surface area contributed by atoms with E-state index in [1.165, 1.54) is 0 Å². The summed E-state index contributed by atoms with van der Waals surface area (Å²) in [5.41, 5.74) is 1.42. The van der Waals surface area contributed by atoms with Crippen molar-refractivity contribution < 1.29 is 14.6 Å². The summed E-state index contributed by atoms with van der Waals surface area (Å²) in [6.45, 7) is 1.26. The number of nitrogens with zero attached hydrogens (tertiary/aromatic N) is 2. The first-order valence-electron chi connectivity index (χ1n) is 6.69. The van der Waals surface area contributed by atoms with E-state index in [2.05, 4.69) is 6.07 Å². The van der Waals surface area contributed by atoms with Crippen LogP contribution < -0.4 is 4.74 Å². The van der Waals surface area contributed by atoms with Crippen LogP contribution in [0.4, 0.5) is 0 Å². The van der Waals surface area contributed by atoms with Gasteiger partial charge in [-0.05, 0) is 37.6 Å². The average Bonchev–Trinajstić information content (AvgIpc) is 2.47. The fourth-order valence-electron chi connectivity index (χ4n) is 2.65. The van der Waals surface area contributed by atoms with Crippen LogP contribution in [0.25, 0.3) is 0 Å². The van der Waals surface area contributed by atoms with Gasteiger partial charge in [0.25, 0.3) is 0 Å². The number of piperidine rings is 1. The zero-order valence-corrected chi connectivity index (χ0v) is 11.5. The van der Waals surface area contributed by atoms with Crippen LogP contribution in [0.5, 0.6) is 5.75 Å². The first-order valence-corrected chi connectivity index (χ1v) is 6.69. The summed E-state index contributed by atoms with van der Waals surface area (Å²) in [6.07, 6.45) is 2.63. The molecule has 0 aromatic heterocycles. The van der Waals surface area contributed by atoms with Gasteiger partial charge in [0.1, 0.15) is 11.8 Å². The number of carboxylic acids is 1. The van der Waals surface area contributed by atoms with Crippen LogP contribution in [0.2, 0.25) is 0 Å². The lowest BCUT2D eigenvalue weighted by Crippen LogP contribution is -2.44. The highest BCUT2D eigenvalue weighted by Gasteiger charge is 2.28. The Morgan fingerprint density at radius 1 is 1.55 bits per heavy atom. The van der Waals surface area contributed by atoms with Crippen LogP contribution >= 0.6 is 0 Å². The Bertz CT molecular complexity index is 536. The van der Waals surface area contributed by atoms with Crippen molar-refractivity contribution in [3.63, 3.8) is 0 Å². The smallest absolute Gasteiger partial charge is 0.320 e. The Hall–Kier alpha value is -2.06. The van der Waals surface area contributed by atoms with Crippen molar-refractivity contribution >= 4 is 5.97 Å². The number of nitriles is 1. The van der Waals surface area contributed by atoms with Crippen LogP contribution in [-0.4, -0.2) is 35.7 Å². The maximum atomic E-state index is 11.3. The van der Waals surface area contributed by atoms with Crippen molar-refractivity contribution in [2.24, 2.45) is 0 Å². The Kier molecular flexibility index (Phi) is 4.59. The molecule has 1 aromatic carbocycles. The number of aliphatic carboxylic acids is 1. The summed E-state index contributed by atoms with van der Waals surface area (Å²) in [6, 6.07) is 6.88. The topological polar surface area (TPSA) is 73.6 Å². The van der Waals surface area contributed by atoms with Crippen molar-refractivity contribution in [3.8, 4) is 11.8 Å². The lowest BCUT2D eigenvalue weighted by molar-refractivity contribution is -0.144. The van der Waals surface area contributed by atoms with Crippen LogP contribution in [-0.2, 0) is 11.3 Å². The van der Waals surface area contributed by atoms with Crippen molar-refractivity contribution in [1.29, 1.82) is 5.26 Å². The highest BCUT2D eigenvalue weighted by atomic mass is 16.5. The monoisotopic (exact) mass is 274 g/mol. The molecule has 1 saturated heterocycles. The van der Waals surface area contributed by atoms with Gasteiger partial charge in [0.05, 0.1) is 18.7 Å². The van der Waals surface area contributed by atoms with Crippen molar-refractivity contribution in [3.05, 3.63) is 29.3 Å². The lowest BCUT2D eigenvalue weighted by atomic mass is 10.0. The summed E-state index contributed by atoms with van der Waals surface area (Å²) >= 11 is 0. The minimum Gasteiger partial charge on any atom is -0.496 e. The van der Waals surface area contributed by atoms with Gasteiger partial charge in [0.2, 0.25) is 0 Å². The van der Waals surface area contributed by atoms with Crippen molar-refractivity contribution in [2.75, 3.05) is 13.7 Å². The first-order chi connectivity index (χ1) is 9.65. The molecule has 1 aromatic rings. The molecule has 0 saturated carbocycles. The molecule has 5 nitrogen and oxygen atoms in total. The minimum absolute atomic E-state index is 0.445. The summed E-state index contributed by atoms with van der Waals surface area (Å²) in [4.78, 5) is 13.3. The molecule has 1 heterocycles. The van der Waals surface area contributed by atoms with Crippen LogP contribution in [0, 0.1) is 11.3 Å². The standard InChI is InChI=1S/C15H18N2O3/c1-20-14-6-5-11(9-16)8-12(14)10-17-7-3-2-4-13(17)15(18)19/h5-6,8,13H,2-4,7,10H2,1H3,(H,18,19). The van der Waals surface area contributed by atoms with Gasteiger partial charge in [-0.2, -0.15) is 5.26 Å². The van der Waals surface area contributed by atoms with Crippen molar-refractivity contribution in [2.45, 2.75) is 31.8 Å². The predicted octanol–water partition coefficient (Wildman–Crippen LogP) is 2.01. The number of ether oxygens (including phenoxy) is 1. The minimum atomic E-state index is -0.778. The maximum Gasteiger partial charge on any atom is 0.320 e. The Morgan fingerprint density at radius 3 is 3.00 bits per heavy atom. The molecule has 1 unspecified atom stereocenters. The Labute approximate surface area is 118 Å². The molecule has 1 aliphatic heterocycles. The highest BCUT2D eigenvalue weighted by molar-refractivity contribution is 5.73. The number of likely N-dealkylation sites (tertiary alicyclic amines) is 1. The molecule has 0 bridgehead atoms. The van der Waals surface area contributed by atoms with E-state index in [-0.39, 0.29) is 0 Å². The van der Waals surface area contributed by atoms with Gasteiger partial charge in [0.15, 0.2) is 0 Å². The number of hydrogen-bond donors (Lipinski definition) is 1. The van der Waals surface area contributed by atoms with E-state index < -0.39 is 12.0 Å². The van der Waals surface area contributed by atoms with Gasteiger partial charge in [-0.3, -0.25) is 9.69 Å². The average molecular weight is 274 g/mol. The van der Waals surface area contributed by atoms with E-state index >= 15 is 0 Å². The molecular weight excluding hydrogens is 256 g/mol. The number of hydrogen-bond acceptors (Lipinski definition) is 4. The third kappa shape index (κ3) is 3.09. The summed E-state index contributed by atoms with van der Waals surface area (Å²) in [7, 11) is 1.58. The zero-order chi connectivity index (χ0) is 14.5. The molecule has 2 rings (SSSR count). The van der Waals surface area contributed by atoms with Crippen LogP contribution in [0.3, 0.4) is 0 Å². The highest BCUT2D eigenvalue weighted by Crippen LogP contribution is 2.25.